The summed E-state index contributed by atoms with van der Waals surface area (Å²) < 4.78 is 47.6. The van der Waals surface area contributed by atoms with Crippen molar-refractivity contribution in [2.45, 2.75) is 35.8 Å². The van der Waals surface area contributed by atoms with Crippen LogP contribution < -0.4 is 10.1 Å². The Morgan fingerprint density at radius 1 is 1.06 bits per heavy atom. The molecule has 0 atom stereocenters. The van der Waals surface area contributed by atoms with Crippen molar-refractivity contribution < 1.29 is 17.5 Å². The maximum atomic E-state index is 14.4. The van der Waals surface area contributed by atoms with E-state index in [0.29, 0.717) is 47.5 Å². The topological polar surface area (TPSA) is 85.6 Å². The summed E-state index contributed by atoms with van der Waals surface area (Å²) in [7, 11) is -1.82. The van der Waals surface area contributed by atoms with Crippen LogP contribution in [0.2, 0.25) is 0 Å². The van der Waals surface area contributed by atoms with Crippen LogP contribution in [0.15, 0.2) is 65.8 Å². The Hall–Kier alpha value is -3.30. The van der Waals surface area contributed by atoms with Gasteiger partial charge in [0, 0.05) is 16.8 Å². The molecule has 4 aromatic rings. The van der Waals surface area contributed by atoms with Gasteiger partial charge < -0.3 is 10.1 Å². The molecule has 1 saturated heterocycles. The number of aromatic nitrogens is 3. The second kappa shape index (κ2) is 9.75. The van der Waals surface area contributed by atoms with Crippen molar-refractivity contribution >= 4 is 15.5 Å². The zero-order valence-corrected chi connectivity index (χ0v) is 20.3. The minimum Gasteiger partial charge on any atom is -0.496 e. The summed E-state index contributed by atoms with van der Waals surface area (Å²) in [4.78, 5) is 0.348. The number of nitrogens with zero attached hydrogens (tertiary/aromatic N) is 3. The average molecular weight is 495 g/mol. The van der Waals surface area contributed by atoms with E-state index in [4.69, 9.17) is 4.74 Å². The van der Waals surface area contributed by atoms with Gasteiger partial charge in [-0.1, -0.05) is 18.2 Å². The Bertz CT molecular complexity index is 1450. The molecule has 35 heavy (non-hydrogen) atoms. The summed E-state index contributed by atoms with van der Waals surface area (Å²) in [5.74, 6) is 0.238. The van der Waals surface area contributed by atoms with Crippen LogP contribution in [0.4, 0.5) is 4.39 Å². The largest absolute Gasteiger partial charge is 0.496 e. The Balaban J connectivity index is 1.41. The first-order chi connectivity index (χ1) is 17.0. The number of nitrogens with one attached hydrogen (secondary N) is 1. The minimum absolute atomic E-state index is 0.291. The number of sulfone groups is 1. The molecule has 1 aliphatic rings. The molecule has 0 bridgehead atoms. The third kappa shape index (κ3) is 4.53. The van der Waals surface area contributed by atoms with Crippen LogP contribution in [0.1, 0.15) is 24.1 Å². The summed E-state index contributed by atoms with van der Waals surface area (Å²) in [5, 5.41) is 11.2. The summed E-state index contributed by atoms with van der Waals surface area (Å²) in [5.41, 5.74) is 3.84. The van der Waals surface area contributed by atoms with Crippen LogP contribution in [0.25, 0.3) is 16.8 Å². The number of ether oxygens (including phenoxy) is 1. The summed E-state index contributed by atoms with van der Waals surface area (Å²) in [6, 6.07) is 15.7. The van der Waals surface area contributed by atoms with Gasteiger partial charge in [0.2, 0.25) is 0 Å². The molecule has 2 aromatic heterocycles. The van der Waals surface area contributed by atoms with E-state index in [1.165, 1.54) is 13.2 Å². The van der Waals surface area contributed by atoms with Crippen LogP contribution in [0.3, 0.4) is 0 Å². The zero-order valence-electron chi connectivity index (χ0n) is 19.4. The van der Waals surface area contributed by atoms with Crippen molar-refractivity contribution in [3.63, 3.8) is 0 Å². The Morgan fingerprint density at radius 2 is 1.83 bits per heavy atom. The van der Waals surface area contributed by atoms with Gasteiger partial charge in [0.1, 0.15) is 17.9 Å². The zero-order chi connectivity index (χ0) is 24.4. The molecule has 9 heteroatoms. The maximum Gasteiger partial charge on any atom is 0.181 e. The second-order valence-electron chi connectivity index (χ2n) is 8.70. The van der Waals surface area contributed by atoms with Crippen molar-refractivity contribution in [1.82, 2.24) is 19.9 Å². The van der Waals surface area contributed by atoms with E-state index >= 15 is 0 Å². The Morgan fingerprint density at radius 3 is 2.57 bits per heavy atom. The van der Waals surface area contributed by atoms with E-state index < -0.39 is 9.84 Å². The van der Waals surface area contributed by atoms with Crippen molar-refractivity contribution in [3.8, 4) is 16.9 Å². The van der Waals surface area contributed by atoms with Gasteiger partial charge in [-0.3, -0.25) is 4.40 Å². The van der Waals surface area contributed by atoms with Gasteiger partial charge in [0.05, 0.1) is 17.3 Å². The monoisotopic (exact) mass is 494 g/mol. The minimum atomic E-state index is -3.36. The van der Waals surface area contributed by atoms with Gasteiger partial charge in [-0.05, 0) is 80.7 Å². The third-order valence-electron chi connectivity index (χ3n) is 6.69. The van der Waals surface area contributed by atoms with Gasteiger partial charge in [0.25, 0.3) is 0 Å². The average Bonchev–Trinajstić information content (AvgIpc) is 3.39. The molecule has 1 fully saturated rings. The molecule has 7 nitrogen and oxygen atoms in total. The van der Waals surface area contributed by atoms with Gasteiger partial charge in [-0.15, -0.1) is 10.2 Å². The highest BCUT2D eigenvalue weighted by atomic mass is 32.2. The standard InChI is InChI=1S/C26H27FN4O3S/c1-34-25-4-2-3-24(27)23(25)12-8-19-7-11-22(26-30-29-17-31(19)26)18-5-9-20(10-6-18)35(32,33)21-13-15-28-16-14-21/h2-7,9-11,17,21,28H,8,12-16H2,1H3. The normalized spacial score (nSPS) is 14.9. The molecule has 0 saturated carbocycles. The van der Waals surface area contributed by atoms with Crippen LogP contribution >= 0.6 is 0 Å². The van der Waals surface area contributed by atoms with Crippen molar-refractivity contribution in [3.05, 3.63) is 78.0 Å². The highest BCUT2D eigenvalue weighted by Gasteiger charge is 2.28. The van der Waals surface area contributed by atoms with Crippen LogP contribution in [-0.4, -0.2) is 48.5 Å². The maximum absolute atomic E-state index is 14.4. The lowest BCUT2D eigenvalue weighted by Gasteiger charge is -2.22. The molecule has 0 amide bonds. The molecule has 1 aliphatic heterocycles. The summed E-state index contributed by atoms with van der Waals surface area (Å²) in [6.45, 7) is 1.45. The molecule has 0 aliphatic carbocycles. The predicted molar refractivity (Wildman–Crippen MR) is 132 cm³/mol. The van der Waals surface area contributed by atoms with Crippen molar-refractivity contribution in [1.29, 1.82) is 0 Å². The van der Waals surface area contributed by atoms with E-state index in [1.807, 2.05) is 28.7 Å². The van der Waals surface area contributed by atoms with Gasteiger partial charge in [-0.25, -0.2) is 12.8 Å². The number of benzene rings is 2. The van der Waals surface area contributed by atoms with E-state index in [9.17, 15) is 12.8 Å². The lowest BCUT2D eigenvalue weighted by molar-refractivity contribution is 0.404. The summed E-state index contributed by atoms with van der Waals surface area (Å²) >= 11 is 0. The second-order valence-corrected chi connectivity index (χ2v) is 10.9. The number of piperidine rings is 1. The highest BCUT2D eigenvalue weighted by molar-refractivity contribution is 7.92. The number of fused-ring (bicyclic) bond motifs is 1. The fraction of sp³-hybridized carbons (Fsp3) is 0.308. The Kier molecular flexibility index (Phi) is 6.53. The first-order valence-electron chi connectivity index (χ1n) is 11.7. The van der Waals surface area contributed by atoms with Gasteiger partial charge in [-0.2, -0.15) is 0 Å². The SMILES string of the molecule is COc1cccc(F)c1CCc1ccc(-c2ccc(S(=O)(=O)C3CCNCC3)cc2)c2nncn12. The van der Waals surface area contributed by atoms with Crippen LogP contribution in [-0.2, 0) is 22.7 Å². The molecule has 2 aromatic carbocycles. The number of hydrogen-bond donors (Lipinski definition) is 1. The predicted octanol–water partition coefficient (Wildman–Crippen LogP) is 3.85. The molecule has 0 radical (unpaired) electrons. The van der Waals surface area contributed by atoms with Crippen molar-refractivity contribution in [2.24, 2.45) is 0 Å². The van der Waals surface area contributed by atoms with E-state index in [0.717, 1.165) is 29.9 Å². The Labute approximate surface area is 203 Å². The number of hydrogen-bond acceptors (Lipinski definition) is 6. The molecule has 3 heterocycles. The lowest BCUT2D eigenvalue weighted by Crippen LogP contribution is -2.35. The number of pyridine rings is 1. The molecule has 5 rings (SSSR count). The molecule has 1 N–H and O–H groups in total. The van der Waals surface area contributed by atoms with Gasteiger partial charge >= 0.3 is 0 Å². The fourth-order valence-electron chi connectivity index (χ4n) is 4.74. The third-order valence-corrected chi connectivity index (χ3v) is 8.96. The van der Waals surface area contributed by atoms with E-state index in [1.54, 1.807) is 30.6 Å². The van der Waals surface area contributed by atoms with Crippen LogP contribution in [0.5, 0.6) is 5.75 Å². The highest BCUT2D eigenvalue weighted by Crippen LogP contribution is 2.29. The number of rotatable bonds is 7. The van der Waals surface area contributed by atoms with Crippen LogP contribution in [0, 0.1) is 5.82 Å². The van der Waals surface area contributed by atoms with E-state index in [2.05, 4.69) is 15.5 Å². The smallest absolute Gasteiger partial charge is 0.181 e. The molecule has 0 spiro atoms. The number of aryl methyl sites for hydroxylation is 1. The number of halogens is 1. The summed E-state index contributed by atoms with van der Waals surface area (Å²) in [6.07, 6.45) is 3.93. The molecule has 182 valence electrons. The van der Waals surface area contributed by atoms with Crippen molar-refractivity contribution in [2.75, 3.05) is 20.2 Å². The fourth-order valence-corrected chi connectivity index (χ4v) is 6.50. The van der Waals surface area contributed by atoms with E-state index in [-0.39, 0.29) is 11.1 Å². The number of methoxy groups -OCH3 is 1. The van der Waals surface area contributed by atoms with Gasteiger partial charge in [0.15, 0.2) is 15.5 Å². The first-order valence-corrected chi connectivity index (χ1v) is 13.2. The molecular formula is C26H27FN4O3S. The molecule has 0 unspecified atom stereocenters. The first kappa shape index (κ1) is 23.4. The lowest BCUT2D eigenvalue weighted by atomic mass is 10.0. The quantitative estimate of drug-likeness (QED) is 0.420. The molecular weight excluding hydrogens is 467 g/mol.